The zero-order valence-electron chi connectivity index (χ0n) is 16.4. The lowest BCUT2D eigenvalue weighted by Crippen LogP contribution is -2.24. The van der Waals surface area contributed by atoms with Gasteiger partial charge in [0.05, 0.1) is 10.7 Å². The van der Waals surface area contributed by atoms with Crippen LogP contribution in [0.25, 0.3) is 11.3 Å². The first-order chi connectivity index (χ1) is 14.0. The Morgan fingerprint density at radius 1 is 1.10 bits per heavy atom. The highest BCUT2D eigenvalue weighted by Gasteiger charge is 2.13. The topological polar surface area (TPSA) is 63.2 Å². The molecule has 29 heavy (non-hydrogen) atoms. The van der Waals surface area contributed by atoms with Gasteiger partial charge in [-0.15, -0.1) is 0 Å². The van der Waals surface area contributed by atoms with E-state index >= 15 is 0 Å². The van der Waals surface area contributed by atoms with E-state index in [4.69, 9.17) is 11.6 Å². The molecule has 6 heteroatoms. The van der Waals surface area contributed by atoms with Gasteiger partial charge in [0.15, 0.2) is 5.78 Å². The number of anilines is 1. The van der Waals surface area contributed by atoms with Gasteiger partial charge >= 0.3 is 0 Å². The average molecular weight is 408 g/mol. The van der Waals surface area contributed by atoms with Crippen LogP contribution in [0.5, 0.6) is 0 Å². The third-order valence-corrected chi connectivity index (χ3v) is 5.05. The van der Waals surface area contributed by atoms with E-state index < -0.39 is 0 Å². The van der Waals surface area contributed by atoms with Crippen LogP contribution in [0.2, 0.25) is 5.02 Å². The summed E-state index contributed by atoms with van der Waals surface area (Å²) in [6, 6.07) is 12.8. The number of hydrogen-bond donors (Lipinski definition) is 0. The van der Waals surface area contributed by atoms with E-state index in [-0.39, 0.29) is 11.7 Å². The second kappa shape index (κ2) is 9.43. The first kappa shape index (κ1) is 20.7. The van der Waals surface area contributed by atoms with Crippen LogP contribution in [0.3, 0.4) is 0 Å². The Morgan fingerprint density at radius 2 is 1.93 bits per heavy atom. The van der Waals surface area contributed by atoms with Gasteiger partial charge in [-0.2, -0.15) is 0 Å². The van der Waals surface area contributed by atoms with Crippen LogP contribution in [0, 0.1) is 0 Å². The van der Waals surface area contributed by atoms with Crippen LogP contribution >= 0.6 is 11.6 Å². The van der Waals surface area contributed by atoms with E-state index in [0.29, 0.717) is 35.5 Å². The molecule has 3 aromatic rings. The summed E-state index contributed by atoms with van der Waals surface area (Å²) < 4.78 is 0. The Kier molecular flexibility index (Phi) is 6.73. The molecule has 1 amide bonds. The molecule has 0 spiro atoms. The summed E-state index contributed by atoms with van der Waals surface area (Å²) >= 11 is 6.42. The van der Waals surface area contributed by atoms with Crippen molar-refractivity contribution in [2.75, 3.05) is 11.9 Å². The third-order valence-electron chi connectivity index (χ3n) is 4.74. The number of carbonyl (C=O) groups excluding carboxylic acids is 2. The van der Waals surface area contributed by atoms with E-state index in [2.05, 4.69) is 9.97 Å². The highest BCUT2D eigenvalue weighted by molar-refractivity contribution is 6.33. The second-order valence-electron chi connectivity index (χ2n) is 6.69. The summed E-state index contributed by atoms with van der Waals surface area (Å²) in [5.74, 6) is 0.0511. The molecule has 2 heterocycles. The number of rotatable bonds is 7. The van der Waals surface area contributed by atoms with Crippen molar-refractivity contribution in [1.82, 2.24) is 9.97 Å². The molecule has 0 saturated heterocycles. The number of pyridine rings is 2. The number of benzene rings is 1. The molecule has 0 bridgehead atoms. The van der Waals surface area contributed by atoms with Crippen LogP contribution in [0.15, 0.2) is 61.1 Å². The number of halogens is 1. The molecule has 148 valence electrons. The van der Waals surface area contributed by atoms with Crippen LogP contribution in [0.1, 0.15) is 35.7 Å². The standard InChI is InChI=1S/C23H22ClN3O2/c1-3-23(29)27(2)18-8-9-19(20(24)13-18)21-10-7-17(15-26-21)22(28)11-6-16-5-4-12-25-14-16/h4-5,7-10,12-15H,3,6,11H2,1-2H3. The Morgan fingerprint density at radius 3 is 2.55 bits per heavy atom. The molecule has 0 aliphatic heterocycles. The predicted molar refractivity (Wildman–Crippen MR) is 115 cm³/mol. The Hall–Kier alpha value is -3.05. The number of hydrogen-bond acceptors (Lipinski definition) is 4. The lowest BCUT2D eigenvalue weighted by atomic mass is 10.0. The monoisotopic (exact) mass is 407 g/mol. The average Bonchev–Trinajstić information content (AvgIpc) is 2.77. The van der Waals surface area contributed by atoms with E-state index in [1.54, 1.807) is 48.7 Å². The summed E-state index contributed by atoms with van der Waals surface area (Å²) in [4.78, 5) is 34.3. The number of ketones is 1. The van der Waals surface area contributed by atoms with Crippen molar-refractivity contribution in [3.63, 3.8) is 0 Å². The van der Waals surface area contributed by atoms with Crippen LogP contribution in [-0.2, 0) is 11.2 Å². The fraction of sp³-hybridized carbons (Fsp3) is 0.217. The number of carbonyl (C=O) groups is 2. The van der Waals surface area contributed by atoms with Crippen molar-refractivity contribution in [1.29, 1.82) is 0 Å². The molecule has 0 unspecified atom stereocenters. The molecule has 0 fully saturated rings. The van der Waals surface area contributed by atoms with E-state index in [9.17, 15) is 9.59 Å². The number of aryl methyl sites for hydroxylation is 1. The lowest BCUT2D eigenvalue weighted by Gasteiger charge is -2.17. The van der Waals surface area contributed by atoms with Gasteiger partial charge in [-0.25, -0.2) is 0 Å². The van der Waals surface area contributed by atoms with E-state index in [0.717, 1.165) is 16.8 Å². The molecular weight excluding hydrogens is 386 g/mol. The number of Topliss-reactive ketones (excluding diaryl/α,β-unsaturated/α-hetero) is 1. The van der Waals surface area contributed by atoms with Gasteiger partial charge in [0.25, 0.3) is 0 Å². The van der Waals surface area contributed by atoms with Gasteiger partial charge in [0, 0.05) is 55.3 Å². The Labute approximate surface area is 175 Å². The summed E-state index contributed by atoms with van der Waals surface area (Å²) in [6.45, 7) is 1.82. The first-order valence-corrected chi connectivity index (χ1v) is 9.82. The van der Waals surface area contributed by atoms with Crippen LogP contribution < -0.4 is 4.90 Å². The Balaban J connectivity index is 1.71. The molecule has 0 aliphatic rings. The van der Waals surface area contributed by atoms with Crippen molar-refractivity contribution in [2.24, 2.45) is 0 Å². The van der Waals surface area contributed by atoms with Crippen molar-refractivity contribution in [3.05, 3.63) is 77.2 Å². The second-order valence-corrected chi connectivity index (χ2v) is 7.09. The maximum Gasteiger partial charge on any atom is 0.226 e. The summed E-state index contributed by atoms with van der Waals surface area (Å²) in [6.07, 6.45) is 6.54. The highest BCUT2D eigenvalue weighted by Crippen LogP contribution is 2.30. The van der Waals surface area contributed by atoms with E-state index in [1.807, 2.05) is 31.2 Å². The number of nitrogens with zero attached hydrogens (tertiary/aromatic N) is 3. The highest BCUT2D eigenvalue weighted by atomic mass is 35.5. The van der Waals surface area contributed by atoms with Gasteiger partial charge in [-0.05, 0) is 48.4 Å². The lowest BCUT2D eigenvalue weighted by molar-refractivity contribution is -0.118. The molecule has 3 rings (SSSR count). The van der Waals surface area contributed by atoms with Crippen LogP contribution in [0.4, 0.5) is 5.69 Å². The van der Waals surface area contributed by atoms with Gasteiger partial charge < -0.3 is 4.90 Å². The quantitative estimate of drug-likeness (QED) is 0.518. The SMILES string of the molecule is CCC(=O)N(C)c1ccc(-c2ccc(C(=O)CCc3cccnc3)cn2)c(Cl)c1. The molecule has 1 aromatic carbocycles. The number of amides is 1. The predicted octanol–water partition coefficient (Wildman–Crippen LogP) is 4.99. The Bertz CT molecular complexity index is 1000. The van der Waals surface area contributed by atoms with Gasteiger partial charge in [-0.3, -0.25) is 19.6 Å². The van der Waals surface area contributed by atoms with E-state index in [1.165, 1.54) is 0 Å². The molecule has 2 aromatic heterocycles. The van der Waals surface area contributed by atoms with Gasteiger partial charge in [-0.1, -0.05) is 24.6 Å². The molecular formula is C23H22ClN3O2. The molecule has 0 N–H and O–H groups in total. The van der Waals surface area contributed by atoms with Crippen molar-refractivity contribution < 1.29 is 9.59 Å². The fourth-order valence-electron chi connectivity index (χ4n) is 2.97. The maximum atomic E-state index is 12.4. The van der Waals surface area contributed by atoms with Crippen molar-refractivity contribution in [2.45, 2.75) is 26.2 Å². The minimum absolute atomic E-state index is 0.0149. The zero-order chi connectivity index (χ0) is 20.8. The van der Waals surface area contributed by atoms with Crippen LogP contribution in [-0.4, -0.2) is 28.7 Å². The zero-order valence-corrected chi connectivity index (χ0v) is 17.2. The normalized spacial score (nSPS) is 10.6. The largest absolute Gasteiger partial charge is 0.315 e. The van der Waals surface area contributed by atoms with Crippen molar-refractivity contribution in [3.8, 4) is 11.3 Å². The minimum Gasteiger partial charge on any atom is -0.315 e. The summed E-state index contributed by atoms with van der Waals surface area (Å²) in [5.41, 5.74) is 3.76. The third kappa shape index (κ3) is 5.06. The smallest absolute Gasteiger partial charge is 0.226 e. The summed E-state index contributed by atoms with van der Waals surface area (Å²) in [7, 11) is 1.72. The molecule has 0 aliphatic carbocycles. The first-order valence-electron chi connectivity index (χ1n) is 9.44. The maximum absolute atomic E-state index is 12.4. The molecule has 0 atom stereocenters. The van der Waals surface area contributed by atoms with Crippen molar-refractivity contribution >= 4 is 29.0 Å². The summed E-state index contributed by atoms with van der Waals surface area (Å²) in [5, 5.41) is 0.501. The van der Waals surface area contributed by atoms with Gasteiger partial charge in [0.2, 0.25) is 5.91 Å². The molecule has 5 nitrogen and oxygen atoms in total. The molecule has 0 radical (unpaired) electrons. The number of aromatic nitrogens is 2. The fourth-order valence-corrected chi connectivity index (χ4v) is 3.24. The van der Waals surface area contributed by atoms with Gasteiger partial charge in [0.1, 0.15) is 0 Å². The minimum atomic E-state index is 0.0149. The molecule has 0 saturated carbocycles.